The van der Waals surface area contributed by atoms with Crippen LogP contribution in [-0.4, -0.2) is 18.3 Å². The van der Waals surface area contributed by atoms with E-state index in [9.17, 15) is 31.1 Å². The smallest absolute Gasteiger partial charge is 0.423 e. The van der Waals surface area contributed by atoms with Gasteiger partial charge >= 0.3 is 18.1 Å². The monoisotopic (exact) mass is 390 g/mol. The summed E-state index contributed by atoms with van der Waals surface area (Å²) in [5.74, 6) is -5.41. The van der Waals surface area contributed by atoms with E-state index in [1.54, 1.807) is 24.3 Å². The van der Waals surface area contributed by atoms with Crippen molar-refractivity contribution in [2.45, 2.75) is 38.0 Å². The summed E-state index contributed by atoms with van der Waals surface area (Å²) in [6.45, 7) is 2.01. The number of carbonyl (C=O) groups is 1. The fraction of sp³-hybridized carbons (Fsp3) is 0.316. The Balaban J connectivity index is 2.11. The highest BCUT2D eigenvalue weighted by molar-refractivity contribution is 5.91. The third-order valence-corrected chi connectivity index (χ3v) is 3.78. The van der Waals surface area contributed by atoms with Gasteiger partial charge in [-0.1, -0.05) is 37.6 Å². The van der Waals surface area contributed by atoms with Crippen LogP contribution < -0.4 is 4.74 Å². The Morgan fingerprint density at radius 1 is 0.963 bits per heavy atom. The van der Waals surface area contributed by atoms with E-state index in [2.05, 4.69) is 0 Å². The lowest BCUT2D eigenvalue weighted by Gasteiger charge is -2.23. The molecule has 0 aliphatic carbocycles. The topological polar surface area (TPSA) is 26.3 Å². The summed E-state index contributed by atoms with van der Waals surface area (Å²) in [5.41, 5.74) is -0.295. The minimum Gasteiger partial charge on any atom is -0.423 e. The molecule has 2 aromatic rings. The summed E-state index contributed by atoms with van der Waals surface area (Å²) in [5, 5.41) is 0. The van der Waals surface area contributed by atoms with E-state index in [0.29, 0.717) is 12.1 Å². The molecule has 2 aromatic carbocycles. The summed E-state index contributed by atoms with van der Waals surface area (Å²) < 4.78 is 82.0. The van der Waals surface area contributed by atoms with Gasteiger partial charge in [0, 0.05) is 5.56 Å². The van der Waals surface area contributed by atoms with Crippen LogP contribution in [0, 0.1) is 0 Å². The number of benzene rings is 2. The molecular weight excluding hydrogens is 374 g/mol. The molecule has 0 saturated heterocycles. The van der Waals surface area contributed by atoms with Crippen LogP contribution in [0.1, 0.15) is 34.8 Å². The standard InChI is InChI=1S/C19H16F6O2/c1-2-3-12-4-10-15(11-5-12)27-16(26)13-6-8-14(9-7-13)18(21,22)17(20)19(23,24)25/h4-11,17H,2-3H2,1H3. The first-order valence-electron chi connectivity index (χ1n) is 8.06. The van der Waals surface area contributed by atoms with E-state index in [4.69, 9.17) is 4.74 Å². The van der Waals surface area contributed by atoms with Crippen molar-refractivity contribution >= 4 is 5.97 Å². The van der Waals surface area contributed by atoms with Crippen LogP contribution in [0.15, 0.2) is 48.5 Å². The molecule has 1 unspecified atom stereocenters. The summed E-state index contributed by atoms with van der Waals surface area (Å²) in [6.07, 6.45) is -8.24. The highest BCUT2D eigenvalue weighted by atomic mass is 19.4. The molecule has 0 aliphatic rings. The van der Waals surface area contributed by atoms with Crippen molar-refractivity contribution in [1.29, 1.82) is 0 Å². The molecule has 0 spiro atoms. The van der Waals surface area contributed by atoms with Gasteiger partial charge in [0.25, 0.3) is 6.17 Å². The molecular formula is C19H16F6O2. The van der Waals surface area contributed by atoms with Crippen LogP contribution in [0.25, 0.3) is 0 Å². The minimum absolute atomic E-state index is 0.158. The Morgan fingerprint density at radius 3 is 2.00 bits per heavy atom. The Labute approximate surface area is 151 Å². The number of rotatable bonds is 6. The molecule has 2 rings (SSSR count). The number of hydrogen-bond acceptors (Lipinski definition) is 2. The largest absolute Gasteiger partial charge is 0.426 e. The Hall–Kier alpha value is -2.51. The van der Waals surface area contributed by atoms with Crippen molar-refractivity contribution in [3.05, 3.63) is 65.2 Å². The lowest BCUT2D eigenvalue weighted by molar-refractivity contribution is -0.248. The average molecular weight is 390 g/mol. The highest BCUT2D eigenvalue weighted by Gasteiger charge is 2.57. The maximum Gasteiger partial charge on any atom is 0.426 e. The Kier molecular flexibility index (Phi) is 6.18. The van der Waals surface area contributed by atoms with Crippen molar-refractivity contribution in [3.8, 4) is 5.75 Å². The van der Waals surface area contributed by atoms with Gasteiger partial charge in [0.2, 0.25) is 0 Å². The fourth-order valence-electron chi connectivity index (χ4n) is 2.36. The number of alkyl halides is 6. The third-order valence-electron chi connectivity index (χ3n) is 3.78. The van der Waals surface area contributed by atoms with Gasteiger partial charge in [0.15, 0.2) is 0 Å². The van der Waals surface area contributed by atoms with Crippen LogP contribution >= 0.6 is 0 Å². The second-order valence-electron chi connectivity index (χ2n) is 5.89. The molecule has 8 heteroatoms. The van der Waals surface area contributed by atoms with Gasteiger partial charge in [-0.2, -0.15) is 22.0 Å². The zero-order chi connectivity index (χ0) is 20.2. The van der Waals surface area contributed by atoms with E-state index >= 15 is 0 Å². The van der Waals surface area contributed by atoms with Crippen molar-refractivity contribution in [2.75, 3.05) is 0 Å². The second-order valence-corrected chi connectivity index (χ2v) is 5.89. The van der Waals surface area contributed by atoms with Crippen LogP contribution in [0.5, 0.6) is 5.75 Å². The van der Waals surface area contributed by atoms with Gasteiger partial charge < -0.3 is 4.74 Å². The van der Waals surface area contributed by atoms with Gasteiger partial charge in [-0.05, 0) is 36.2 Å². The maximum absolute atomic E-state index is 13.6. The van der Waals surface area contributed by atoms with Gasteiger partial charge in [0.05, 0.1) is 5.56 Å². The van der Waals surface area contributed by atoms with Crippen LogP contribution in [0.3, 0.4) is 0 Å². The predicted octanol–water partition coefficient (Wildman–Crippen LogP) is 5.85. The zero-order valence-electron chi connectivity index (χ0n) is 14.2. The quantitative estimate of drug-likeness (QED) is 0.351. The molecule has 0 fully saturated rings. The van der Waals surface area contributed by atoms with Gasteiger partial charge in [-0.3, -0.25) is 0 Å². The van der Waals surface area contributed by atoms with Crippen LogP contribution in [0.2, 0.25) is 0 Å². The Morgan fingerprint density at radius 2 is 1.52 bits per heavy atom. The normalized spacial score (nSPS) is 13.3. The van der Waals surface area contributed by atoms with E-state index in [1.165, 1.54) is 0 Å². The summed E-state index contributed by atoms with van der Waals surface area (Å²) >= 11 is 0. The summed E-state index contributed by atoms with van der Waals surface area (Å²) in [7, 11) is 0. The molecule has 0 radical (unpaired) electrons. The highest BCUT2D eigenvalue weighted by Crippen LogP contribution is 2.41. The molecule has 1 atom stereocenters. The fourth-order valence-corrected chi connectivity index (χ4v) is 2.36. The van der Waals surface area contributed by atoms with Crippen molar-refractivity contribution < 1.29 is 35.9 Å². The number of esters is 1. The molecule has 0 bridgehead atoms. The number of carbonyl (C=O) groups excluding carboxylic acids is 1. The SMILES string of the molecule is CCCc1ccc(OC(=O)c2ccc(C(F)(F)C(F)C(F)(F)F)cc2)cc1. The first-order chi connectivity index (χ1) is 12.6. The van der Waals surface area contributed by atoms with Gasteiger partial charge in [-0.15, -0.1) is 0 Å². The third kappa shape index (κ3) is 5.02. The number of ether oxygens (including phenoxy) is 1. The van der Waals surface area contributed by atoms with Crippen molar-refractivity contribution in [1.82, 2.24) is 0 Å². The first kappa shape index (κ1) is 20.8. The van der Waals surface area contributed by atoms with Gasteiger partial charge in [-0.25, -0.2) is 9.18 Å². The van der Waals surface area contributed by atoms with Gasteiger partial charge in [0.1, 0.15) is 5.75 Å². The van der Waals surface area contributed by atoms with E-state index in [1.807, 2.05) is 6.92 Å². The Bertz CT molecular complexity index is 766. The molecule has 2 nitrogen and oxygen atoms in total. The molecule has 0 heterocycles. The van der Waals surface area contributed by atoms with Crippen LogP contribution in [0.4, 0.5) is 26.3 Å². The molecule has 0 aliphatic heterocycles. The molecule has 0 amide bonds. The first-order valence-corrected chi connectivity index (χ1v) is 8.06. The molecule has 27 heavy (non-hydrogen) atoms. The summed E-state index contributed by atoms with van der Waals surface area (Å²) in [6, 6.07) is 9.55. The molecule has 146 valence electrons. The predicted molar refractivity (Wildman–Crippen MR) is 86.7 cm³/mol. The number of hydrogen-bond donors (Lipinski definition) is 0. The molecule has 0 N–H and O–H groups in total. The lowest BCUT2D eigenvalue weighted by Crippen LogP contribution is -2.39. The number of aryl methyl sites for hydroxylation is 1. The molecule has 0 saturated carbocycles. The van der Waals surface area contributed by atoms with E-state index in [0.717, 1.165) is 30.5 Å². The minimum atomic E-state index is -5.70. The molecule has 0 aromatic heterocycles. The van der Waals surface area contributed by atoms with E-state index in [-0.39, 0.29) is 11.3 Å². The lowest BCUT2D eigenvalue weighted by atomic mass is 10.0. The zero-order valence-corrected chi connectivity index (χ0v) is 14.2. The maximum atomic E-state index is 13.6. The van der Waals surface area contributed by atoms with E-state index < -0.39 is 29.8 Å². The van der Waals surface area contributed by atoms with Crippen molar-refractivity contribution in [3.63, 3.8) is 0 Å². The number of halogens is 6. The second kappa shape index (κ2) is 8.02. The average Bonchev–Trinajstić information content (AvgIpc) is 2.62. The van der Waals surface area contributed by atoms with Crippen molar-refractivity contribution in [2.24, 2.45) is 0 Å². The van der Waals surface area contributed by atoms with Crippen LogP contribution in [-0.2, 0) is 12.3 Å². The summed E-state index contributed by atoms with van der Waals surface area (Å²) in [4.78, 5) is 12.0.